The van der Waals surface area contributed by atoms with Crippen molar-refractivity contribution in [2.24, 2.45) is 0 Å². The molecule has 8 nitrogen and oxygen atoms in total. The Labute approximate surface area is 120 Å². The first-order valence-corrected chi connectivity index (χ1v) is 6.74. The van der Waals surface area contributed by atoms with E-state index < -0.39 is 4.92 Å². The molecule has 3 N–H and O–H groups in total. The molecule has 0 unspecified atom stereocenters. The van der Waals surface area contributed by atoms with Crippen LogP contribution in [0.4, 0.5) is 11.4 Å². The van der Waals surface area contributed by atoms with Crippen molar-refractivity contribution >= 4 is 22.3 Å². The van der Waals surface area contributed by atoms with Gasteiger partial charge in [-0.25, -0.2) is 4.98 Å². The molecule has 1 heterocycles. The topological polar surface area (TPSA) is 113 Å². The van der Waals surface area contributed by atoms with E-state index in [0.29, 0.717) is 24.3 Å². The molecule has 2 aromatic rings. The summed E-state index contributed by atoms with van der Waals surface area (Å²) < 4.78 is 0. The summed E-state index contributed by atoms with van der Waals surface area (Å²) in [5.74, 6) is 0. The number of hydrogen-bond donors (Lipinski definition) is 3. The number of H-pyrrole nitrogens is 1. The molecular formula is C13H17N5O3. The first-order valence-electron chi connectivity index (χ1n) is 6.74. The van der Waals surface area contributed by atoms with Crippen LogP contribution in [0.25, 0.3) is 10.9 Å². The van der Waals surface area contributed by atoms with Crippen LogP contribution in [-0.2, 0) is 0 Å². The van der Waals surface area contributed by atoms with Gasteiger partial charge in [-0.2, -0.15) is 0 Å². The Morgan fingerprint density at radius 3 is 2.86 bits per heavy atom. The van der Waals surface area contributed by atoms with Crippen LogP contribution < -0.4 is 16.2 Å². The zero-order chi connectivity index (χ0) is 15.2. The molecule has 1 aromatic carbocycles. The summed E-state index contributed by atoms with van der Waals surface area (Å²) in [5.41, 5.74) is 0.271. The van der Waals surface area contributed by atoms with Crippen LogP contribution in [0.3, 0.4) is 0 Å². The summed E-state index contributed by atoms with van der Waals surface area (Å²) in [7, 11) is 0. The third-order valence-electron chi connectivity index (χ3n) is 3.00. The minimum Gasteiger partial charge on any atom is -0.378 e. The maximum Gasteiger partial charge on any atom is 0.293 e. The molecule has 0 atom stereocenters. The van der Waals surface area contributed by atoms with Crippen LogP contribution in [0, 0.1) is 10.1 Å². The Bertz CT molecular complexity index is 698. The fourth-order valence-electron chi connectivity index (χ4n) is 1.98. The predicted octanol–water partition coefficient (Wildman–Crippen LogP) is 1.24. The van der Waals surface area contributed by atoms with Gasteiger partial charge in [0.15, 0.2) is 0 Å². The van der Waals surface area contributed by atoms with E-state index in [1.165, 1.54) is 18.5 Å². The highest BCUT2D eigenvalue weighted by molar-refractivity contribution is 5.86. The Hall–Kier alpha value is -2.48. The first-order chi connectivity index (χ1) is 10.1. The number of aromatic nitrogens is 2. The number of nitro benzene ring substituents is 1. The molecule has 0 saturated heterocycles. The molecule has 0 bridgehead atoms. The van der Waals surface area contributed by atoms with Gasteiger partial charge in [-0.3, -0.25) is 14.9 Å². The maximum atomic E-state index is 11.6. The molecule has 0 fully saturated rings. The largest absolute Gasteiger partial charge is 0.378 e. The molecule has 0 amide bonds. The second-order valence-corrected chi connectivity index (χ2v) is 4.55. The molecule has 1 aromatic heterocycles. The van der Waals surface area contributed by atoms with Crippen molar-refractivity contribution in [1.82, 2.24) is 15.3 Å². The Morgan fingerprint density at radius 2 is 2.14 bits per heavy atom. The summed E-state index contributed by atoms with van der Waals surface area (Å²) in [6, 6.07) is 2.78. The zero-order valence-corrected chi connectivity index (χ0v) is 11.7. The van der Waals surface area contributed by atoms with Crippen molar-refractivity contribution < 1.29 is 4.92 Å². The van der Waals surface area contributed by atoms with Gasteiger partial charge < -0.3 is 15.6 Å². The summed E-state index contributed by atoms with van der Waals surface area (Å²) in [4.78, 5) is 28.7. The number of hydrogen-bond acceptors (Lipinski definition) is 6. The summed E-state index contributed by atoms with van der Waals surface area (Å²) >= 11 is 0. The monoisotopic (exact) mass is 291 g/mol. The number of aromatic amines is 1. The van der Waals surface area contributed by atoms with Crippen LogP contribution in [0.5, 0.6) is 0 Å². The third-order valence-corrected chi connectivity index (χ3v) is 3.00. The van der Waals surface area contributed by atoms with Crippen molar-refractivity contribution in [3.8, 4) is 0 Å². The second-order valence-electron chi connectivity index (χ2n) is 4.55. The summed E-state index contributed by atoms with van der Waals surface area (Å²) in [5, 5.41) is 17.5. The number of nitrogens with one attached hydrogen (secondary N) is 3. The second kappa shape index (κ2) is 6.80. The third kappa shape index (κ3) is 3.54. The normalized spacial score (nSPS) is 10.7. The minimum absolute atomic E-state index is 0.128. The predicted molar refractivity (Wildman–Crippen MR) is 80.7 cm³/mol. The molecular weight excluding hydrogens is 274 g/mol. The SMILES string of the molecule is CCCNCCNc1cc2nc[nH]c(=O)c2cc1[N+](=O)[O-]. The number of nitro groups is 1. The molecule has 0 aliphatic carbocycles. The van der Waals surface area contributed by atoms with Gasteiger partial charge in [0.2, 0.25) is 0 Å². The van der Waals surface area contributed by atoms with Crippen molar-refractivity contribution in [3.63, 3.8) is 0 Å². The molecule has 0 aliphatic rings. The summed E-state index contributed by atoms with van der Waals surface area (Å²) in [6.07, 6.45) is 2.31. The molecule has 0 aliphatic heterocycles. The van der Waals surface area contributed by atoms with E-state index in [0.717, 1.165) is 13.0 Å². The van der Waals surface area contributed by atoms with E-state index in [1.807, 2.05) is 0 Å². The number of benzene rings is 1. The first kappa shape index (κ1) is 14.9. The zero-order valence-electron chi connectivity index (χ0n) is 11.7. The highest BCUT2D eigenvalue weighted by Gasteiger charge is 2.16. The highest BCUT2D eigenvalue weighted by Crippen LogP contribution is 2.27. The van der Waals surface area contributed by atoms with E-state index in [2.05, 4.69) is 27.5 Å². The molecule has 2 rings (SSSR count). The van der Waals surface area contributed by atoms with E-state index >= 15 is 0 Å². The number of fused-ring (bicyclic) bond motifs is 1. The Balaban J connectivity index is 2.26. The van der Waals surface area contributed by atoms with Crippen LogP contribution >= 0.6 is 0 Å². The highest BCUT2D eigenvalue weighted by atomic mass is 16.6. The molecule has 21 heavy (non-hydrogen) atoms. The quantitative estimate of drug-likeness (QED) is 0.402. The van der Waals surface area contributed by atoms with E-state index in [1.54, 1.807) is 0 Å². The van der Waals surface area contributed by atoms with Gasteiger partial charge in [0.05, 0.1) is 22.2 Å². The minimum atomic E-state index is -0.506. The van der Waals surface area contributed by atoms with Gasteiger partial charge in [0, 0.05) is 19.2 Å². The van der Waals surface area contributed by atoms with Crippen molar-refractivity contribution in [2.45, 2.75) is 13.3 Å². The average Bonchev–Trinajstić information content (AvgIpc) is 2.46. The van der Waals surface area contributed by atoms with Crippen LogP contribution in [0.15, 0.2) is 23.3 Å². The van der Waals surface area contributed by atoms with E-state index in [9.17, 15) is 14.9 Å². The molecule has 0 radical (unpaired) electrons. The lowest BCUT2D eigenvalue weighted by atomic mass is 10.2. The number of rotatable bonds is 7. The van der Waals surface area contributed by atoms with Crippen molar-refractivity contribution in [3.05, 3.63) is 38.9 Å². The lowest BCUT2D eigenvalue weighted by Crippen LogP contribution is -2.23. The van der Waals surface area contributed by atoms with E-state index in [-0.39, 0.29) is 16.6 Å². The van der Waals surface area contributed by atoms with Crippen molar-refractivity contribution in [2.75, 3.05) is 25.0 Å². The maximum absolute atomic E-state index is 11.6. The number of anilines is 1. The Morgan fingerprint density at radius 1 is 1.33 bits per heavy atom. The number of nitrogens with zero attached hydrogens (tertiary/aromatic N) is 2. The van der Waals surface area contributed by atoms with Crippen LogP contribution in [-0.4, -0.2) is 34.5 Å². The fraction of sp³-hybridized carbons (Fsp3) is 0.385. The van der Waals surface area contributed by atoms with Gasteiger partial charge in [0.1, 0.15) is 5.69 Å². The smallest absolute Gasteiger partial charge is 0.293 e. The van der Waals surface area contributed by atoms with Gasteiger partial charge >= 0.3 is 0 Å². The van der Waals surface area contributed by atoms with Gasteiger partial charge in [-0.1, -0.05) is 6.92 Å². The van der Waals surface area contributed by atoms with Gasteiger partial charge in [-0.15, -0.1) is 0 Å². The molecule has 8 heteroatoms. The van der Waals surface area contributed by atoms with Crippen molar-refractivity contribution in [1.29, 1.82) is 0 Å². The average molecular weight is 291 g/mol. The van der Waals surface area contributed by atoms with Gasteiger partial charge in [0.25, 0.3) is 11.2 Å². The molecule has 0 saturated carbocycles. The van der Waals surface area contributed by atoms with Crippen LogP contribution in [0.2, 0.25) is 0 Å². The van der Waals surface area contributed by atoms with Crippen LogP contribution in [0.1, 0.15) is 13.3 Å². The standard InChI is InChI=1S/C13H17N5O3/c1-2-3-14-4-5-15-11-7-10-9(6-12(11)18(20)21)13(19)17-8-16-10/h6-8,14-15H,2-5H2,1H3,(H,16,17,19). The molecule has 0 spiro atoms. The van der Waals surface area contributed by atoms with Gasteiger partial charge in [-0.05, 0) is 19.0 Å². The Kier molecular flexibility index (Phi) is 4.83. The van der Waals surface area contributed by atoms with E-state index in [4.69, 9.17) is 0 Å². The lowest BCUT2D eigenvalue weighted by Gasteiger charge is -2.08. The lowest BCUT2D eigenvalue weighted by molar-refractivity contribution is -0.383. The summed E-state index contributed by atoms with van der Waals surface area (Å²) in [6.45, 7) is 4.22. The molecule has 112 valence electrons. The fourth-order valence-corrected chi connectivity index (χ4v) is 1.98.